The number of ether oxygens (including phenoxy) is 1. The first-order valence-corrected chi connectivity index (χ1v) is 9.57. The summed E-state index contributed by atoms with van der Waals surface area (Å²) in [6.07, 6.45) is -0.713. The van der Waals surface area contributed by atoms with Crippen LogP contribution in [0.25, 0.3) is 16.7 Å². The third-order valence-electron chi connectivity index (χ3n) is 4.59. The summed E-state index contributed by atoms with van der Waals surface area (Å²) in [5.74, 6) is -0.0961. The highest BCUT2D eigenvalue weighted by Crippen LogP contribution is 2.32. The van der Waals surface area contributed by atoms with E-state index in [4.69, 9.17) is 0 Å². The van der Waals surface area contributed by atoms with Gasteiger partial charge in [0.1, 0.15) is 17.9 Å². The summed E-state index contributed by atoms with van der Waals surface area (Å²) in [5, 5.41) is 7.64. The minimum absolute atomic E-state index is 0.237. The van der Waals surface area contributed by atoms with Gasteiger partial charge in [0.25, 0.3) is 0 Å². The number of halogens is 6. The highest BCUT2D eigenvalue weighted by molar-refractivity contribution is 5.88. The molecule has 0 radical (unpaired) electrons. The van der Waals surface area contributed by atoms with Crippen molar-refractivity contribution in [3.63, 3.8) is 0 Å². The normalized spacial score (nSPS) is 19.1. The molecule has 0 amide bonds. The lowest BCUT2D eigenvalue weighted by atomic mass is 10.1. The highest BCUT2D eigenvalue weighted by Gasteiger charge is 2.32. The zero-order chi connectivity index (χ0) is 23.6. The Morgan fingerprint density at radius 1 is 1.00 bits per heavy atom. The predicted octanol–water partition coefficient (Wildman–Crippen LogP) is 6.15. The topological polar surface area (TPSA) is 64.9 Å². The van der Waals surface area contributed by atoms with Gasteiger partial charge >= 0.3 is 12.5 Å². The molecule has 3 aromatic rings. The minimum atomic E-state index is -4.80. The lowest BCUT2D eigenvalue weighted by molar-refractivity contribution is -0.274. The average Bonchev–Trinajstić information content (AvgIpc) is 3.12. The van der Waals surface area contributed by atoms with Crippen molar-refractivity contribution in [3.8, 4) is 5.75 Å². The standard InChI is InChI=1S/C21H15F6N5O/c22-20(23,24)13-4-2-1-3-5-15(10-13)32-11-17-18(28-12-29-19(17)31-32)30-14-6-8-16(9-7-14)33-21(25,26)27/h1-2,4,6-12H,3,5H2,(H,28,29,30,31)/b2-1-,13-4+,15-10+. The van der Waals surface area contributed by atoms with Gasteiger partial charge in [-0.05, 0) is 43.2 Å². The zero-order valence-electron chi connectivity index (χ0n) is 16.7. The van der Waals surface area contributed by atoms with Crippen LogP contribution in [0.1, 0.15) is 12.8 Å². The first-order chi connectivity index (χ1) is 15.6. The summed E-state index contributed by atoms with van der Waals surface area (Å²) in [6, 6.07) is 5.00. The number of benzene rings is 1. The van der Waals surface area contributed by atoms with E-state index in [1.54, 1.807) is 6.08 Å². The van der Waals surface area contributed by atoms with Crippen LogP contribution in [0.5, 0.6) is 5.75 Å². The molecule has 0 unspecified atom stereocenters. The maximum atomic E-state index is 13.3. The van der Waals surface area contributed by atoms with Crippen molar-refractivity contribution in [2.24, 2.45) is 0 Å². The predicted molar refractivity (Wildman–Crippen MR) is 109 cm³/mol. The third kappa shape index (κ3) is 5.51. The Bertz CT molecular complexity index is 1240. The van der Waals surface area contributed by atoms with E-state index >= 15 is 0 Å². The molecule has 1 N–H and O–H groups in total. The monoisotopic (exact) mass is 467 g/mol. The highest BCUT2D eigenvalue weighted by atomic mass is 19.4. The number of nitrogens with zero attached hydrogens (tertiary/aromatic N) is 4. The van der Waals surface area contributed by atoms with E-state index in [0.717, 1.165) is 24.3 Å². The first-order valence-electron chi connectivity index (χ1n) is 9.57. The van der Waals surface area contributed by atoms with Gasteiger partial charge in [0.2, 0.25) is 0 Å². The maximum Gasteiger partial charge on any atom is 0.573 e. The van der Waals surface area contributed by atoms with Gasteiger partial charge in [-0.2, -0.15) is 13.2 Å². The fourth-order valence-corrected chi connectivity index (χ4v) is 3.12. The van der Waals surface area contributed by atoms with Gasteiger partial charge in [-0.3, -0.25) is 0 Å². The molecule has 2 heterocycles. The van der Waals surface area contributed by atoms with E-state index in [0.29, 0.717) is 29.6 Å². The van der Waals surface area contributed by atoms with Crippen LogP contribution in [-0.4, -0.2) is 32.3 Å². The summed E-state index contributed by atoms with van der Waals surface area (Å²) in [4.78, 5) is 8.18. The largest absolute Gasteiger partial charge is 0.573 e. The van der Waals surface area contributed by atoms with Crippen LogP contribution >= 0.6 is 0 Å². The number of aromatic nitrogens is 4. The first kappa shape index (κ1) is 22.4. The Morgan fingerprint density at radius 2 is 1.76 bits per heavy atom. The molecule has 0 spiro atoms. The molecule has 0 atom stereocenters. The molecule has 1 aliphatic rings. The Balaban J connectivity index is 1.63. The van der Waals surface area contributed by atoms with Gasteiger partial charge < -0.3 is 10.1 Å². The number of hydrogen-bond donors (Lipinski definition) is 1. The van der Waals surface area contributed by atoms with E-state index in [9.17, 15) is 26.3 Å². The molecule has 0 saturated carbocycles. The molecule has 0 bridgehead atoms. The molecular weight excluding hydrogens is 452 g/mol. The summed E-state index contributed by atoms with van der Waals surface area (Å²) < 4.78 is 82.0. The molecule has 172 valence electrons. The fraction of sp³-hybridized carbons (Fsp3) is 0.190. The van der Waals surface area contributed by atoms with E-state index in [1.807, 2.05) is 0 Å². The fourth-order valence-electron chi connectivity index (χ4n) is 3.12. The van der Waals surface area contributed by atoms with E-state index in [2.05, 4.69) is 25.1 Å². The third-order valence-corrected chi connectivity index (χ3v) is 4.59. The maximum absolute atomic E-state index is 13.3. The Kier molecular flexibility index (Phi) is 5.83. The van der Waals surface area contributed by atoms with Crippen LogP contribution in [0.3, 0.4) is 0 Å². The van der Waals surface area contributed by atoms with Crippen LogP contribution in [-0.2, 0) is 0 Å². The number of alkyl halides is 6. The van der Waals surface area contributed by atoms with Crippen molar-refractivity contribution < 1.29 is 31.1 Å². The van der Waals surface area contributed by atoms with Crippen molar-refractivity contribution in [1.29, 1.82) is 0 Å². The van der Waals surface area contributed by atoms with Gasteiger partial charge in [-0.1, -0.05) is 18.2 Å². The number of rotatable bonds is 4. The molecule has 6 nitrogen and oxygen atoms in total. The molecular formula is C21H15F6N5O. The van der Waals surface area contributed by atoms with Crippen molar-refractivity contribution in [2.45, 2.75) is 25.4 Å². The van der Waals surface area contributed by atoms with Gasteiger partial charge in [0, 0.05) is 17.6 Å². The second kappa shape index (κ2) is 8.60. The SMILES string of the molecule is FC(F)(F)Oc1ccc(Nc2ncnc3nn(/C4=C/C(C(F)(F)F)=C\C=C/CC4)cc23)cc1. The zero-order valence-corrected chi connectivity index (χ0v) is 16.7. The number of anilines is 2. The molecule has 0 aliphatic heterocycles. The number of hydrogen-bond acceptors (Lipinski definition) is 5. The summed E-state index contributed by atoms with van der Waals surface area (Å²) in [7, 11) is 0. The minimum Gasteiger partial charge on any atom is -0.406 e. The van der Waals surface area contributed by atoms with Crippen LogP contribution in [0, 0.1) is 0 Å². The van der Waals surface area contributed by atoms with Crippen molar-refractivity contribution in [2.75, 3.05) is 5.32 Å². The van der Waals surface area contributed by atoms with Crippen LogP contribution in [0.4, 0.5) is 37.8 Å². The molecule has 2 aromatic heterocycles. The summed E-state index contributed by atoms with van der Waals surface area (Å²) in [5.41, 5.74) is 0.162. The van der Waals surface area contributed by atoms with Crippen molar-refractivity contribution in [3.05, 3.63) is 66.7 Å². The molecule has 1 aliphatic carbocycles. The smallest absolute Gasteiger partial charge is 0.406 e. The average molecular weight is 467 g/mol. The van der Waals surface area contributed by atoms with Crippen molar-refractivity contribution in [1.82, 2.24) is 19.7 Å². The Hall–Kier alpha value is -3.83. The lowest BCUT2D eigenvalue weighted by Gasteiger charge is -2.12. The van der Waals surface area contributed by atoms with E-state index in [-0.39, 0.29) is 17.2 Å². The lowest BCUT2D eigenvalue weighted by Crippen LogP contribution is -2.16. The molecule has 33 heavy (non-hydrogen) atoms. The number of fused-ring (bicyclic) bond motifs is 1. The van der Waals surface area contributed by atoms with Crippen LogP contribution < -0.4 is 10.1 Å². The second-order valence-electron chi connectivity index (χ2n) is 6.95. The van der Waals surface area contributed by atoms with Crippen molar-refractivity contribution >= 4 is 28.2 Å². The van der Waals surface area contributed by atoms with Gasteiger partial charge in [-0.25, -0.2) is 14.6 Å². The van der Waals surface area contributed by atoms with Crippen LogP contribution in [0.15, 0.2) is 66.7 Å². The second-order valence-corrected chi connectivity index (χ2v) is 6.95. The molecule has 4 rings (SSSR count). The summed E-state index contributed by atoms with van der Waals surface area (Å²) in [6.45, 7) is 0. The molecule has 0 fully saturated rings. The Labute approximate surface area is 182 Å². The van der Waals surface area contributed by atoms with Gasteiger partial charge in [0.15, 0.2) is 5.65 Å². The Morgan fingerprint density at radius 3 is 2.45 bits per heavy atom. The van der Waals surface area contributed by atoms with E-state index in [1.165, 1.54) is 35.4 Å². The number of allylic oxidation sites excluding steroid dienone is 6. The number of nitrogens with one attached hydrogen (secondary N) is 1. The molecule has 12 heteroatoms. The van der Waals surface area contributed by atoms with Gasteiger partial charge in [0.05, 0.1) is 11.0 Å². The summed E-state index contributed by atoms with van der Waals surface area (Å²) >= 11 is 0. The van der Waals surface area contributed by atoms with E-state index < -0.39 is 18.1 Å². The van der Waals surface area contributed by atoms with Crippen LogP contribution in [0.2, 0.25) is 0 Å². The van der Waals surface area contributed by atoms with Gasteiger partial charge in [-0.15, -0.1) is 18.3 Å². The molecule has 1 aromatic carbocycles. The molecule has 0 saturated heterocycles. The quantitative estimate of drug-likeness (QED) is 0.467.